The Morgan fingerprint density at radius 1 is 0.302 bits per heavy atom. The fourth-order valence-electron chi connectivity index (χ4n) is 8.90. The van der Waals surface area contributed by atoms with Gasteiger partial charge in [-0.25, -0.2) is 0 Å². The van der Waals surface area contributed by atoms with E-state index in [2.05, 4.69) is 168 Å². The summed E-state index contributed by atoms with van der Waals surface area (Å²) in [6.07, 6.45) is 0. The predicted octanol–water partition coefficient (Wildman–Crippen LogP) is 15.2. The van der Waals surface area contributed by atoms with Crippen LogP contribution in [0.1, 0.15) is 0 Å². The van der Waals surface area contributed by atoms with Gasteiger partial charge in [-0.1, -0.05) is 133 Å². The monoisotopic (exact) mass is 692 g/mol. The summed E-state index contributed by atoms with van der Waals surface area (Å²) in [4.78, 5) is 0. The van der Waals surface area contributed by atoms with Gasteiger partial charge in [0.25, 0.3) is 0 Å². The van der Waals surface area contributed by atoms with E-state index in [9.17, 15) is 0 Å². The third kappa shape index (κ3) is 4.03. The van der Waals surface area contributed by atoms with Gasteiger partial charge in [0.15, 0.2) is 0 Å². The molecule has 12 aromatic rings. The van der Waals surface area contributed by atoms with Crippen LogP contribution in [-0.4, -0.2) is 0 Å². The topological polar surface area (TPSA) is 26.3 Å². The van der Waals surface area contributed by atoms with Crippen molar-refractivity contribution in [3.05, 3.63) is 168 Å². The van der Waals surface area contributed by atoms with Crippen molar-refractivity contribution in [2.45, 2.75) is 0 Å². The molecule has 0 unspecified atom stereocenters. The first-order valence-electron chi connectivity index (χ1n) is 18.0. The SMILES string of the molecule is c1ccc(-c2ccc(-c3cc4c5cscc5c5cc(-c6ccccc6)c6c7ccccc7oc6c5c4c4oc5ccccc5c34)c3ccccc23)cc1. The van der Waals surface area contributed by atoms with Crippen molar-refractivity contribution in [1.82, 2.24) is 0 Å². The maximum absolute atomic E-state index is 7.07. The number of para-hydroxylation sites is 2. The third-order valence-electron chi connectivity index (χ3n) is 11.2. The number of fused-ring (bicyclic) bond motifs is 15. The van der Waals surface area contributed by atoms with Crippen LogP contribution in [0.2, 0.25) is 0 Å². The summed E-state index contributed by atoms with van der Waals surface area (Å²) >= 11 is 1.75. The minimum Gasteiger partial charge on any atom is -0.455 e. The van der Waals surface area contributed by atoms with Gasteiger partial charge in [0.1, 0.15) is 22.3 Å². The first-order chi connectivity index (χ1) is 26.3. The fraction of sp³-hybridized carbons (Fsp3) is 0. The lowest BCUT2D eigenvalue weighted by atomic mass is 9.86. The maximum Gasteiger partial charge on any atom is 0.144 e. The lowest BCUT2D eigenvalue weighted by Crippen LogP contribution is -1.90. The molecule has 0 bridgehead atoms. The quantitative estimate of drug-likeness (QED) is 0.172. The minimum atomic E-state index is 0.877. The maximum atomic E-state index is 7.07. The Hall–Kier alpha value is -6.68. The van der Waals surface area contributed by atoms with Gasteiger partial charge in [0.05, 0.1) is 0 Å². The average Bonchev–Trinajstić information content (AvgIpc) is 3.97. The summed E-state index contributed by atoms with van der Waals surface area (Å²) in [6, 6.07) is 56.5. The zero-order valence-corrected chi connectivity index (χ0v) is 29.2. The summed E-state index contributed by atoms with van der Waals surface area (Å²) in [6.45, 7) is 0. The van der Waals surface area contributed by atoms with Crippen LogP contribution in [0.25, 0.3) is 120 Å². The van der Waals surface area contributed by atoms with E-state index in [0.717, 1.165) is 54.6 Å². The molecule has 0 saturated heterocycles. The van der Waals surface area contributed by atoms with E-state index in [1.807, 2.05) is 0 Å². The predicted molar refractivity (Wildman–Crippen MR) is 225 cm³/mol. The average molecular weight is 693 g/mol. The number of hydrogen-bond donors (Lipinski definition) is 0. The van der Waals surface area contributed by atoms with E-state index >= 15 is 0 Å². The molecule has 0 aliphatic rings. The fourth-order valence-corrected chi connectivity index (χ4v) is 9.74. The number of furan rings is 2. The van der Waals surface area contributed by atoms with Gasteiger partial charge in [-0.05, 0) is 90.0 Å². The highest BCUT2D eigenvalue weighted by atomic mass is 32.1. The second kappa shape index (κ2) is 10.9. The van der Waals surface area contributed by atoms with Crippen LogP contribution in [0.3, 0.4) is 0 Å². The second-order valence-corrected chi connectivity index (χ2v) is 14.7. The highest BCUT2D eigenvalue weighted by molar-refractivity contribution is 7.09. The van der Waals surface area contributed by atoms with Crippen molar-refractivity contribution in [3.63, 3.8) is 0 Å². The molecule has 0 amide bonds. The Morgan fingerprint density at radius 3 is 1.32 bits per heavy atom. The molecule has 9 aromatic carbocycles. The second-order valence-electron chi connectivity index (χ2n) is 13.9. The minimum absolute atomic E-state index is 0.877. The van der Waals surface area contributed by atoms with E-state index in [-0.39, 0.29) is 0 Å². The molecule has 0 aliphatic heterocycles. The van der Waals surface area contributed by atoms with Crippen LogP contribution >= 0.6 is 11.3 Å². The molecule has 0 atom stereocenters. The van der Waals surface area contributed by atoms with E-state index in [4.69, 9.17) is 8.83 Å². The zero-order chi connectivity index (χ0) is 34.6. The first-order valence-corrected chi connectivity index (χ1v) is 18.9. The number of rotatable bonds is 3. The molecule has 246 valence electrons. The van der Waals surface area contributed by atoms with Gasteiger partial charge in [-0.2, -0.15) is 11.3 Å². The van der Waals surface area contributed by atoms with Crippen molar-refractivity contribution in [2.24, 2.45) is 0 Å². The van der Waals surface area contributed by atoms with Crippen LogP contribution < -0.4 is 0 Å². The van der Waals surface area contributed by atoms with Crippen LogP contribution in [0.5, 0.6) is 0 Å². The molecule has 3 heterocycles. The smallest absolute Gasteiger partial charge is 0.144 e. The van der Waals surface area contributed by atoms with Crippen LogP contribution in [0.15, 0.2) is 177 Å². The summed E-state index contributed by atoms with van der Waals surface area (Å²) in [7, 11) is 0. The van der Waals surface area contributed by atoms with Gasteiger partial charge in [-0.3, -0.25) is 0 Å². The molecule has 2 nitrogen and oxygen atoms in total. The Bertz CT molecular complexity index is 3440. The summed E-state index contributed by atoms with van der Waals surface area (Å²) in [5, 5.41) is 18.5. The molecule has 0 N–H and O–H groups in total. The van der Waals surface area contributed by atoms with Gasteiger partial charge in [-0.15, -0.1) is 0 Å². The normalized spacial score (nSPS) is 12.2. The molecule has 3 aromatic heterocycles. The largest absolute Gasteiger partial charge is 0.455 e. The Balaban J connectivity index is 1.30. The van der Waals surface area contributed by atoms with Gasteiger partial charge in [0.2, 0.25) is 0 Å². The number of thiophene rings is 1. The molecule has 12 rings (SSSR count). The van der Waals surface area contributed by atoms with Crippen LogP contribution in [0.4, 0.5) is 0 Å². The number of hydrogen-bond acceptors (Lipinski definition) is 3. The summed E-state index contributed by atoms with van der Waals surface area (Å²) in [5.41, 5.74) is 10.7. The van der Waals surface area contributed by atoms with Crippen molar-refractivity contribution in [2.75, 3.05) is 0 Å². The Labute approximate surface area is 307 Å². The lowest BCUT2D eigenvalue weighted by molar-refractivity contribution is 0.670. The summed E-state index contributed by atoms with van der Waals surface area (Å²) in [5.74, 6) is 0. The highest BCUT2D eigenvalue weighted by Crippen LogP contribution is 2.52. The molecular weight excluding hydrogens is 665 g/mol. The lowest BCUT2D eigenvalue weighted by Gasteiger charge is -2.16. The van der Waals surface area contributed by atoms with E-state index in [1.165, 1.54) is 65.7 Å². The molecule has 0 saturated carbocycles. The van der Waals surface area contributed by atoms with Gasteiger partial charge < -0.3 is 8.83 Å². The van der Waals surface area contributed by atoms with E-state index < -0.39 is 0 Å². The van der Waals surface area contributed by atoms with E-state index in [1.54, 1.807) is 11.3 Å². The van der Waals surface area contributed by atoms with Crippen LogP contribution in [-0.2, 0) is 0 Å². The summed E-state index contributed by atoms with van der Waals surface area (Å²) < 4.78 is 14.0. The van der Waals surface area contributed by atoms with Gasteiger partial charge >= 0.3 is 0 Å². The Kier molecular flexibility index (Phi) is 5.96. The van der Waals surface area contributed by atoms with Crippen molar-refractivity contribution in [3.8, 4) is 33.4 Å². The number of benzene rings is 9. The van der Waals surface area contributed by atoms with Gasteiger partial charge in [0, 0.05) is 43.1 Å². The highest BCUT2D eigenvalue weighted by Gasteiger charge is 2.26. The van der Waals surface area contributed by atoms with Crippen molar-refractivity contribution in [1.29, 1.82) is 0 Å². The molecule has 0 radical (unpaired) electrons. The molecule has 0 aliphatic carbocycles. The van der Waals surface area contributed by atoms with Crippen molar-refractivity contribution < 1.29 is 8.83 Å². The first kappa shape index (κ1) is 29.0. The molecular formula is C50H28O2S. The molecule has 0 fully saturated rings. The van der Waals surface area contributed by atoms with Crippen molar-refractivity contribution >= 4 is 98.3 Å². The third-order valence-corrected chi connectivity index (χ3v) is 11.9. The zero-order valence-electron chi connectivity index (χ0n) is 28.4. The molecule has 0 spiro atoms. The molecule has 53 heavy (non-hydrogen) atoms. The van der Waals surface area contributed by atoms with Crippen LogP contribution in [0, 0.1) is 0 Å². The Morgan fingerprint density at radius 2 is 0.736 bits per heavy atom. The van der Waals surface area contributed by atoms with E-state index in [0.29, 0.717) is 0 Å². The standard InChI is InChI=1S/C50H28O2S/c1-3-13-29(14-4-1)31-23-24-34(33-18-8-7-17-32(31)33)38-26-40-42-28-53-27-41(42)39-25-37(30-15-5-2-6-16-30)45-35-19-9-11-21-43(35)51-49(45)47(39)48(40)50-46(38)36-20-10-12-22-44(36)52-50/h1-28H. The molecule has 3 heteroatoms.